The van der Waals surface area contributed by atoms with Crippen LogP contribution >= 0.6 is 0 Å². The van der Waals surface area contributed by atoms with E-state index in [1.54, 1.807) is 4.68 Å². The predicted molar refractivity (Wildman–Crippen MR) is 91.2 cm³/mol. The Labute approximate surface area is 137 Å². The first-order valence-corrected chi connectivity index (χ1v) is 10.3. The lowest BCUT2D eigenvalue weighted by molar-refractivity contribution is 0.586. The zero-order valence-corrected chi connectivity index (χ0v) is 14.4. The summed E-state index contributed by atoms with van der Waals surface area (Å²) in [6.45, 7) is 2.76. The van der Waals surface area contributed by atoms with E-state index in [2.05, 4.69) is 30.2 Å². The summed E-state index contributed by atoms with van der Waals surface area (Å²) in [5.41, 5.74) is 5.73. The Hall–Kier alpha value is -1.62. The standard InChI is InChI=1S/C18H22N2O2S/c1-13-10-18(13)6-5-14-3-4-15(9-17(14)18)16-11-19-20(12-16)7-8-23(2,21)22/h3-4,9,11-13H,5-8,10H2,1-2H3. The number of aryl methyl sites for hydroxylation is 2. The molecule has 2 aliphatic carbocycles. The average Bonchev–Trinajstić information content (AvgIpc) is 2.88. The molecule has 0 bridgehead atoms. The van der Waals surface area contributed by atoms with E-state index < -0.39 is 9.84 Å². The number of benzene rings is 1. The van der Waals surface area contributed by atoms with E-state index >= 15 is 0 Å². The molecular formula is C18H22N2O2S. The summed E-state index contributed by atoms with van der Waals surface area (Å²) in [5, 5.41) is 4.31. The lowest BCUT2D eigenvalue weighted by Gasteiger charge is -2.11. The number of aromatic nitrogens is 2. The Balaban J connectivity index is 1.60. The highest BCUT2D eigenvalue weighted by atomic mass is 32.2. The molecule has 1 saturated carbocycles. The van der Waals surface area contributed by atoms with Gasteiger partial charge in [0, 0.05) is 18.0 Å². The van der Waals surface area contributed by atoms with Gasteiger partial charge >= 0.3 is 0 Å². The molecule has 1 spiro atoms. The summed E-state index contributed by atoms with van der Waals surface area (Å²) in [4.78, 5) is 0. The first-order chi connectivity index (χ1) is 10.9. The van der Waals surface area contributed by atoms with E-state index in [0.29, 0.717) is 12.0 Å². The molecule has 122 valence electrons. The van der Waals surface area contributed by atoms with Gasteiger partial charge in [-0.25, -0.2) is 8.42 Å². The summed E-state index contributed by atoms with van der Waals surface area (Å²) in [5.74, 6) is 0.926. The summed E-state index contributed by atoms with van der Waals surface area (Å²) >= 11 is 0. The second kappa shape index (κ2) is 4.94. The average molecular weight is 330 g/mol. The predicted octanol–water partition coefficient (Wildman–Crippen LogP) is 2.82. The monoisotopic (exact) mass is 330 g/mol. The molecule has 4 rings (SSSR count). The highest BCUT2D eigenvalue weighted by Crippen LogP contribution is 2.61. The smallest absolute Gasteiger partial charge is 0.149 e. The number of sulfone groups is 1. The van der Waals surface area contributed by atoms with Gasteiger partial charge in [0.25, 0.3) is 0 Å². The lowest BCUT2D eigenvalue weighted by atomic mass is 9.93. The van der Waals surface area contributed by atoms with Crippen molar-refractivity contribution in [2.45, 2.75) is 38.1 Å². The number of hydrogen-bond donors (Lipinski definition) is 0. The van der Waals surface area contributed by atoms with Crippen molar-refractivity contribution in [1.82, 2.24) is 9.78 Å². The summed E-state index contributed by atoms with van der Waals surface area (Å²) in [6, 6.07) is 6.77. The summed E-state index contributed by atoms with van der Waals surface area (Å²) < 4.78 is 24.3. The van der Waals surface area contributed by atoms with Crippen molar-refractivity contribution in [1.29, 1.82) is 0 Å². The number of rotatable bonds is 4. The van der Waals surface area contributed by atoms with Gasteiger partial charge in [0.1, 0.15) is 9.84 Å². The zero-order valence-electron chi connectivity index (χ0n) is 13.6. The van der Waals surface area contributed by atoms with Gasteiger partial charge in [-0.1, -0.05) is 25.1 Å². The lowest BCUT2D eigenvalue weighted by Crippen LogP contribution is -2.11. The minimum Gasteiger partial charge on any atom is -0.271 e. The molecule has 0 aliphatic heterocycles. The van der Waals surface area contributed by atoms with Gasteiger partial charge in [-0.3, -0.25) is 4.68 Å². The second-order valence-electron chi connectivity index (χ2n) is 7.26. The molecule has 4 nitrogen and oxygen atoms in total. The highest BCUT2D eigenvalue weighted by Gasteiger charge is 2.55. The Morgan fingerprint density at radius 2 is 2.13 bits per heavy atom. The van der Waals surface area contributed by atoms with Crippen molar-refractivity contribution in [3.8, 4) is 11.1 Å². The van der Waals surface area contributed by atoms with Gasteiger partial charge in [0.2, 0.25) is 0 Å². The summed E-state index contributed by atoms with van der Waals surface area (Å²) in [7, 11) is -2.96. The molecule has 1 aromatic carbocycles. The van der Waals surface area contributed by atoms with Crippen LogP contribution in [0.25, 0.3) is 11.1 Å². The number of hydrogen-bond acceptors (Lipinski definition) is 3. The van der Waals surface area contributed by atoms with Gasteiger partial charge in [-0.15, -0.1) is 0 Å². The minimum absolute atomic E-state index is 0.124. The van der Waals surface area contributed by atoms with E-state index in [1.165, 1.54) is 42.2 Å². The van der Waals surface area contributed by atoms with Crippen LogP contribution in [0.4, 0.5) is 0 Å². The Morgan fingerprint density at radius 1 is 1.35 bits per heavy atom. The molecule has 0 N–H and O–H groups in total. The number of nitrogens with zero attached hydrogens (tertiary/aromatic N) is 2. The third-order valence-electron chi connectivity index (χ3n) is 5.60. The van der Waals surface area contributed by atoms with Crippen LogP contribution in [-0.2, 0) is 28.2 Å². The molecule has 5 heteroatoms. The maximum absolute atomic E-state index is 11.3. The Kier molecular flexibility index (Phi) is 3.21. The van der Waals surface area contributed by atoms with Crippen molar-refractivity contribution in [2.75, 3.05) is 12.0 Å². The minimum atomic E-state index is -2.96. The van der Waals surface area contributed by atoms with E-state index in [0.717, 1.165) is 11.5 Å². The van der Waals surface area contributed by atoms with Gasteiger partial charge in [-0.2, -0.15) is 5.10 Å². The Bertz CT molecular complexity index is 869. The van der Waals surface area contributed by atoms with Crippen LogP contribution in [0.15, 0.2) is 30.6 Å². The molecule has 1 aromatic heterocycles. The molecule has 2 aromatic rings. The van der Waals surface area contributed by atoms with Crippen molar-refractivity contribution < 1.29 is 8.42 Å². The highest BCUT2D eigenvalue weighted by molar-refractivity contribution is 7.90. The van der Waals surface area contributed by atoms with Gasteiger partial charge in [-0.05, 0) is 47.3 Å². The first-order valence-electron chi connectivity index (χ1n) is 8.21. The van der Waals surface area contributed by atoms with Crippen molar-refractivity contribution >= 4 is 9.84 Å². The fourth-order valence-corrected chi connectivity index (χ4v) is 4.55. The molecule has 0 radical (unpaired) electrons. The molecular weight excluding hydrogens is 308 g/mol. The third kappa shape index (κ3) is 2.61. The van der Waals surface area contributed by atoms with Gasteiger partial charge < -0.3 is 0 Å². The van der Waals surface area contributed by atoms with Crippen molar-refractivity contribution in [3.63, 3.8) is 0 Å². The van der Waals surface area contributed by atoms with Crippen LogP contribution in [0.3, 0.4) is 0 Å². The van der Waals surface area contributed by atoms with E-state index in [1.807, 2.05) is 12.4 Å². The topological polar surface area (TPSA) is 52.0 Å². The van der Waals surface area contributed by atoms with E-state index in [4.69, 9.17) is 0 Å². The number of fused-ring (bicyclic) bond motifs is 2. The third-order valence-corrected chi connectivity index (χ3v) is 6.52. The quantitative estimate of drug-likeness (QED) is 0.866. The normalized spacial score (nSPS) is 25.7. The SMILES string of the molecule is CC1CC12CCc1ccc(-c3cnn(CCS(C)(=O)=O)c3)cc12. The second-order valence-corrected chi connectivity index (χ2v) is 9.51. The molecule has 23 heavy (non-hydrogen) atoms. The van der Waals surface area contributed by atoms with Crippen molar-refractivity contribution in [2.24, 2.45) is 5.92 Å². The molecule has 0 amide bonds. The van der Waals surface area contributed by atoms with E-state index in [9.17, 15) is 8.42 Å². The van der Waals surface area contributed by atoms with Crippen LogP contribution in [0.2, 0.25) is 0 Å². The largest absolute Gasteiger partial charge is 0.271 e. The van der Waals surface area contributed by atoms with Gasteiger partial charge in [0.15, 0.2) is 0 Å². The molecule has 2 unspecified atom stereocenters. The Morgan fingerprint density at radius 3 is 2.83 bits per heavy atom. The van der Waals surface area contributed by atoms with E-state index in [-0.39, 0.29) is 5.75 Å². The molecule has 1 heterocycles. The van der Waals surface area contributed by atoms with Crippen LogP contribution < -0.4 is 0 Å². The maximum Gasteiger partial charge on any atom is 0.149 e. The van der Waals surface area contributed by atoms with Crippen LogP contribution in [-0.4, -0.2) is 30.2 Å². The van der Waals surface area contributed by atoms with Crippen LogP contribution in [0.5, 0.6) is 0 Å². The van der Waals surface area contributed by atoms with Crippen LogP contribution in [0, 0.1) is 5.92 Å². The fraction of sp³-hybridized carbons (Fsp3) is 0.500. The molecule has 1 fully saturated rings. The molecule has 0 saturated heterocycles. The van der Waals surface area contributed by atoms with Gasteiger partial charge in [0.05, 0.1) is 18.5 Å². The van der Waals surface area contributed by atoms with Crippen LogP contribution in [0.1, 0.15) is 30.9 Å². The summed E-state index contributed by atoms with van der Waals surface area (Å²) in [6.07, 6.45) is 8.85. The molecule has 2 atom stereocenters. The zero-order chi connectivity index (χ0) is 16.2. The first kappa shape index (κ1) is 14.9. The molecule has 2 aliphatic rings. The fourth-order valence-electron chi connectivity index (χ4n) is 4.04. The van der Waals surface area contributed by atoms with Crippen molar-refractivity contribution in [3.05, 3.63) is 41.7 Å². The maximum atomic E-state index is 11.3.